The number of hydrogen-bond donors (Lipinski definition) is 1. The number of aryl methyl sites for hydroxylation is 2. The third-order valence-electron chi connectivity index (χ3n) is 5.80. The third kappa shape index (κ3) is 4.66. The average Bonchev–Trinajstić information content (AvgIpc) is 3.40. The molecule has 0 fully saturated rings. The molecule has 7 nitrogen and oxygen atoms in total. The van der Waals surface area contributed by atoms with Crippen LogP contribution >= 0.6 is 0 Å². The molecule has 0 atom stereocenters. The van der Waals surface area contributed by atoms with Crippen LogP contribution in [0.15, 0.2) is 35.3 Å². The Morgan fingerprint density at radius 1 is 1.38 bits per heavy atom. The van der Waals surface area contributed by atoms with Crippen LogP contribution in [0.3, 0.4) is 0 Å². The Balaban J connectivity index is 1.76. The van der Waals surface area contributed by atoms with Gasteiger partial charge in [0.1, 0.15) is 17.4 Å². The van der Waals surface area contributed by atoms with Crippen molar-refractivity contribution in [2.24, 2.45) is 12.0 Å². The molecule has 8 heteroatoms. The number of aliphatic imine (C=N–C) groups is 1. The predicted octanol–water partition coefficient (Wildman–Crippen LogP) is 5.21. The maximum Gasteiger partial charge on any atom is 0.213 e. The van der Waals surface area contributed by atoms with Gasteiger partial charge in [0.15, 0.2) is 0 Å². The summed E-state index contributed by atoms with van der Waals surface area (Å²) in [5, 5.41) is 7.80. The summed E-state index contributed by atoms with van der Waals surface area (Å²) < 4.78 is 27.9. The summed E-state index contributed by atoms with van der Waals surface area (Å²) in [4.78, 5) is 8.74. The van der Waals surface area contributed by atoms with Crippen molar-refractivity contribution in [3.8, 4) is 17.0 Å². The second-order valence-electron chi connectivity index (χ2n) is 8.62. The molecule has 0 unspecified atom stereocenters. The number of nitrogens with one attached hydrogen (secondary N) is 1. The minimum Gasteiger partial charge on any atom is -0.493 e. The zero-order valence-electron chi connectivity index (χ0n) is 20.3. The van der Waals surface area contributed by atoms with Crippen molar-refractivity contribution in [1.82, 2.24) is 14.8 Å². The predicted molar refractivity (Wildman–Crippen MR) is 133 cm³/mol. The standard InChI is InChI=1S/C26H30FN5O2/c1-15(2)34-25(28-5)12-19-17(4)26(30-14-21(19)23-11-16(3)31-32(23)6)29-13-20-18-9-10-33-24(18)8-7-22(20)27/h7-8,11-12,14-15H,5,9-10,13H2,1-4,6H3,(H,29,30)/b25-12+. The number of hydrogen-bond acceptors (Lipinski definition) is 6. The first-order valence-corrected chi connectivity index (χ1v) is 11.3. The molecule has 0 amide bonds. The van der Waals surface area contributed by atoms with Crippen molar-refractivity contribution in [3.05, 3.63) is 64.0 Å². The van der Waals surface area contributed by atoms with Crippen LogP contribution in [0, 0.1) is 19.7 Å². The number of aromatic nitrogens is 3. The number of fused-ring (bicyclic) bond motifs is 1. The normalized spacial score (nSPS) is 13.1. The summed E-state index contributed by atoms with van der Waals surface area (Å²) in [6.45, 7) is 12.3. The maximum absolute atomic E-state index is 14.6. The Labute approximate surface area is 199 Å². The molecule has 1 aliphatic rings. The first-order valence-electron chi connectivity index (χ1n) is 11.3. The van der Waals surface area contributed by atoms with E-state index in [-0.39, 0.29) is 11.9 Å². The highest BCUT2D eigenvalue weighted by Crippen LogP contribution is 2.33. The number of pyridine rings is 1. The summed E-state index contributed by atoms with van der Waals surface area (Å²) in [5.41, 5.74) is 6.00. The lowest BCUT2D eigenvalue weighted by Gasteiger charge is -2.17. The minimum absolute atomic E-state index is 0.0516. The van der Waals surface area contributed by atoms with Gasteiger partial charge < -0.3 is 14.8 Å². The minimum atomic E-state index is -0.250. The van der Waals surface area contributed by atoms with Gasteiger partial charge in [0.25, 0.3) is 0 Å². The number of halogens is 1. The lowest BCUT2D eigenvalue weighted by molar-refractivity contribution is 0.149. The Kier molecular flexibility index (Phi) is 6.68. The van der Waals surface area contributed by atoms with Gasteiger partial charge in [-0.25, -0.2) is 14.4 Å². The van der Waals surface area contributed by atoms with Crippen molar-refractivity contribution >= 4 is 18.6 Å². The molecule has 34 heavy (non-hydrogen) atoms. The molecule has 3 aromatic rings. The Morgan fingerprint density at radius 3 is 2.85 bits per heavy atom. The van der Waals surface area contributed by atoms with E-state index in [2.05, 4.69) is 27.1 Å². The molecule has 0 spiro atoms. The van der Waals surface area contributed by atoms with Gasteiger partial charge in [-0.15, -0.1) is 0 Å². The molecule has 1 N–H and O–H groups in total. The van der Waals surface area contributed by atoms with E-state index in [4.69, 9.17) is 9.47 Å². The topological polar surface area (TPSA) is 73.6 Å². The SMILES string of the molecule is C=N/C(=C\c1c(-c2cc(C)nn2C)cnc(NCc2c(F)ccc3c2CCO3)c1C)OC(C)C. The van der Waals surface area contributed by atoms with Crippen LogP contribution in [-0.2, 0) is 24.8 Å². The highest BCUT2D eigenvalue weighted by atomic mass is 19.1. The number of nitrogens with zero attached hydrogens (tertiary/aromatic N) is 4. The van der Waals surface area contributed by atoms with Crippen LogP contribution in [-0.4, -0.2) is 34.2 Å². The summed E-state index contributed by atoms with van der Waals surface area (Å²) >= 11 is 0. The van der Waals surface area contributed by atoms with E-state index in [0.29, 0.717) is 36.8 Å². The van der Waals surface area contributed by atoms with Crippen LogP contribution in [0.5, 0.6) is 5.75 Å². The average molecular weight is 464 g/mol. The molecule has 0 bridgehead atoms. The van der Waals surface area contributed by atoms with Crippen molar-refractivity contribution in [2.45, 2.75) is 46.8 Å². The van der Waals surface area contributed by atoms with E-state index >= 15 is 0 Å². The van der Waals surface area contributed by atoms with Gasteiger partial charge in [-0.05, 0) is 63.7 Å². The molecule has 4 rings (SSSR count). The van der Waals surface area contributed by atoms with Crippen LogP contribution in [0.2, 0.25) is 0 Å². The fraction of sp³-hybridized carbons (Fsp3) is 0.346. The van der Waals surface area contributed by atoms with Gasteiger partial charge in [-0.3, -0.25) is 4.68 Å². The molecule has 3 heterocycles. The number of anilines is 1. The fourth-order valence-electron chi connectivity index (χ4n) is 4.22. The highest BCUT2D eigenvalue weighted by molar-refractivity contribution is 5.78. The second kappa shape index (κ2) is 9.67. The van der Waals surface area contributed by atoms with Gasteiger partial charge in [-0.2, -0.15) is 5.10 Å². The van der Waals surface area contributed by atoms with E-state index in [1.54, 1.807) is 12.3 Å². The molecule has 2 aromatic heterocycles. The van der Waals surface area contributed by atoms with Crippen LogP contribution < -0.4 is 10.1 Å². The second-order valence-corrected chi connectivity index (χ2v) is 8.62. The van der Waals surface area contributed by atoms with Gasteiger partial charge in [0, 0.05) is 49.0 Å². The smallest absolute Gasteiger partial charge is 0.213 e. The third-order valence-corrected chi connectivity index (χ3v) is 5.80. The molecule has 0 saturated carbocycles. The Bertz CT molecular complexity index is 1260. The van der Waals surface area contributed by atoms with E-state index in [1.807, 2.05) is 51.6 Å². The summed E-state index contributed by atoms with van der Waals surface area (Å²) in [7, 11) is 1.90. The lowest BCUT2D eigenvalue weighted by Crippen LogP contribution is -2.09. The molecular weight excluding hydrogens is 433 g/mol. The maximum atomic E-state index is 14.6. The van der Waals surface area contributed by atoms with Crippen molar-refractivity contribution in [2.75, 3.05) is 11.9 Å². The summed E-state index contributed by atoms with van der Waals surface area (Å²) in [5.74, 6) is 1.57. The van der Waals surface area contributed by atoms with Crippen LogP contribution in [0.1, 0.15) is 41.8 Å². The van der Waals surface area contributed by atoms with E-state index in [1.165, 1.54) is 6.07 Å². The molecule has 1 aromatic carbocycles. The van der Waals surface area contributed by atoms with E-state index in [0.717, 1.165) is 39.4 Å². The molecule has 1 aliphatic heterocycles. The Morgan fingerprint density at radius 2 is 2.18 bits per heavy atom. The summed E-state index contributed by atoms with van der Waals surface area (Å²) in [6, 6.07) is 5.15. The van der Waals surface area contributed by atoms with Gasteiger partial charge in [-0.1, -0.05) is 0 Å². The Hall–Kier alpha value is -3.68. The molecule has 178 valence electrons. The van der Waals surface area contributed by atoms with E-state index < -0.39 is 0 Å². The van der Waals surface area contributed by atoms with Gasteiger partial charge in [0.2, 0.25) is 5.88 Å². The van der Waals surface area contributed by atoms with Crippen molar-refractivity contribution < 1.29 is 13.9 Å². The van der Waals surface area contributed by atoms with Gasteiger partial charge >= 0.3 is 0 Å². The van der Waals surface area contributed by atoms with Crippen LogP contribution in [0.25, 0.3) is 17.3 Å². The van der Waals surface area contributed by atoms with E-state index in [9.17, 15) is 4.39 Å². The van der Waals surface area contributed by atoms with Crippen LogP contribution in [0.4, 0.5) is 10.2 Å². The highest BCUT2D eigenvalue weighted by Gasteiger charge is 2.21. The first-order chi connectivity index (χ1) is 16.3. The van der Waals surface area contributed by atoms with Crippen molar-refractivity contribution in [3.63, 3.8) is 0 Å². The van der Waals surface area contributed by atoms with Gasteiger partial charge in [0.05, 0.1) is 24.1 Å². The molecule has 0 aliphatic carbocycles. The molecular formula is C26H30FN5O2. The lowest BCUT2D eigenvalue weighted by atomic mass is 10.0. The molecule has 0 saturated heterocycles. The largest absolute Gasteiger partial charge is 0.493 e. The number of benzene rings is 1. The number of ether oxygens (including phenoxy) is 2. The van der Waals surface area contributed by atoms with Crippen molar-refractivity contribution in [1.29, 1.82) is 0 Å². The molecule has 0 radical (unpaired) electrons. The zero-order valence-corrected chi connectivity index (χ0v) is 20.3. The summed E-state index contributed by atoms with van der Waals surface area (Å²) in [6.07, 6.45) is 4.30. The number of rotatable bonds is 8. The first kappa shape index (κ1) is 23.5. The zero-order chi connectivity index (χ0) is 24.4. The quantitative estimate of drug-likeness (QED) is 0.367. The fourth-order valence-corrected chi connectivity index (χ4v) is 4.22. The monoisotopic (exact) mass is 463 g/mol.